The Bertz CT molecular complexity index is 1170. The lowest BCUT2D eigenvalue weighted by Crippen LogP contribution is -2.13. The highest BCUT2D eigenvalue weighted by atomic mass is 15.0. The summed E-state index contributed by atoms with van der Waals surface area (Å²) in [7, 11) is 0. The summed E-state index contributed by atoms with van der Waals surface area (Å²) in [5, 5.41) is 0. The first kappa shape index (κ1) is 17.0. The van der Waals surface area contributed by atoms with Gasteiger partial charge in [0, 0.05) is 35.5 Å². The van der Waals surface area contributed by atoms with E-state index < -0.39 is 0 Å². The van der Waals surface area contributed by atoms with Crippen LogP contribution in [0, 0.1) is 0 Å². The van der Waals surface area contributed by atoms with Gasteiger partial charge in [0.2, 0.25) is 0 Å². The molecule has 0 saturated heterocycles. The maximum atomic E-state index is 4.96. The molecule has 4 aromatic rings. The van der Waals surface area contributed by atoms with Gasteiger partial charge in [0.1, 0.15) is 11.6 Å². The van der Waals surface area contributed by atoms with Crippen LogP contribution in [0.15, 0.2) is 42.9 Å². The number of hydrogen-bond acceptors (Lipinski definition) is 5. The van der Waals surface area contributed by atoms with E-state index in [1.165, 1.54) is 12.8 Å². The number of nitrogens with one attached hydrogen (secondary N) is 1. The molecule has 3 heterocycles. The number of fused-ring (bicyclic) bond motifs is 1. The Balaban J connectivity index is 1.69. The first-order valence-corrected chi connectivity index (χ1v) is 9.64. The van der Waals surface area contributed by atoms with Crippen molar-refractivity contribution in [1.82, 2.24) is 29.9 Å². The third-order valence-electron chi connectivity index (χ3n) is 5.03. The van der Waals surface area contributed by atoms with Crippen LogP contribution < -0.4 is 0 Å². The number of H-pyrrole nitrogens is 1. The van der Waals surface area contributed by atoms with E-state index in [-0.39, 0.29) is 5.41 Å². The molecule has 140 valence electrons. The fourth-order valence-electron chi connectivity index (χ4n) is 3.28. The zero-order valence-electron chi connectivity index (χ0n) is 16.3. The Morgan fingerprint density at radius 3 is 2.43 bits per heavy atom. The zero-order valence-corrected chi connectivity index (χ0v) is 16.3. The van der Waals surface area contributed by atoms with Gasteiger partial charge in [0.05, 0.1) is 28.1 Å². The normalized spacial score (nSPS) is 14.5. The van der Waals surface area contributed by atoms with Crippen LogP contribution in [0.4, 0.5) is 0 Å². The minimum Gasteiger partial charge on any atom is -0.340 e. The lowest BCUT2D eigenvalue weighted by Gasteiger charge is -2.14. The minimum atomic E-state index is -0.101. The molecule has 3 aromatic heterocycles. The van der Waals surface area contributed by atoms with Gasteiger partial charge in [-0.15, -0.1) is 0 Å². The van der Waals surface area contributed by atoms with Gasteiger partial charge in [-0.05, 0) is 31.0 Å². The van der Waals surface area contributed by atoms with Crippen molar-refractivity contribution >= 4 is 11.0 Å². The molecule has 0 atom stereocenters. The molecular weight excluding hydrogens is 348 g/mol. The molecule has 5 rings (SSSR count). The largest absolute Gasteiger partial charge is 0.340 e. The standard InChI is InChI=1S/C22H22N6/c1-22(2,3)21-27-18(14-6-7-15-17(12-14)24-11-10-23-15)19(28-21)16-8-9-25-20(26-16)13-4-5-13/h6-13H,4-5H2,1-3H3,(H,27,28). The Hall–Kier alpha value is -3.15. The van der Waals surface area contributed by atoms with Gasteiger partial charge in [-0.1, -0.05) is 26.8 Å². The first-order valence-electron chi connectivity index (χ1n) is 9.64. The molecule has 0 unspecified atom stereocenters. The average Bonchev–Trinajstić information content (AvgIpc) is 3.44. The topological polar surface area (TPSA) is 80.2 Å². The van der Waals surface area contributed by atoms with Gasteiger partial charge in [0.25, 0.3) is 0 Å². The van der Waals surface area contributed by atoms with Gasteiger partial charge in [0.15, 0.2) is 0 Å². The van der Waals surface area contributed by atoms with Gasteiger partial charge >= 0.3 is 0 Å². The number of aromatic nitrogens is 6. The monoisotopic (exact) mass is 370 g/mol. The van der Waals surface area contributed by atoms with E-state index >= 15 is 0 Å². The Morgan fingerprint density at radius 2 is 1.68 bits per heavy atom. The molecule has 1 aromatic carbocycles. The predicted molar refractivity (Wildman–Crippen MR) is 109 cm³/mol. The molecule has 0 amide bonds. The number of rotatable bonds is 3. The Labute approximate surface area is 163 Å². The molecule has 28 heavy (non-hydrogen) atoms. The van der Waals surface area contributed by atoms with Crippen LogP contribution in [-0.4, -0.2) is 29.9 Å². The van der Waals surface area contributed by atoms with E-state index in [2.05, 4.69) is 40.7 Å². The molecule has 1 aliphatic rings. The lowest BCUT2D eigenvalue weighted by atomic mass is 9.96. The van der Waals surface area contributed by atoms with E-state index in [9.17, 15) is 0 Å². The van der Waals surface area contributed by atoms with Crippen molar-refractivity contribution in [2.24, 2.45) is 0 Å². The van der Waals surface area contributed by atoms with Gasteiger partial charge in [-0.25, -0.2) is 15.0 Å². The number of imidazole rings is 1. The van der Waals surface area contributed by atoms with Crippen molar-refractivity contribution in [1.29, 1.82) is 0 Å². The Kier molecular flexibility index (Phi) is 3.75. The molecule has 1 saturated carbocycles. The van der Waals surface area contributed by atoms with Crippen LogP contribution in [0.25, 0.3) is 33.7 Å². The molecule has 6 nitrogen and oxygen atoms in total. The highest BCUT2D eigenvalue weighted by molar-refractivity contribution is 5.84. The molecule has 0 aliphatic heterocycles. The fourth-order valence-corrected chi connectivity index (χ4v) is 3.28. The SMILES string of the molecule is CC(C)(C)c1nc(-c2ccc3nccnc3c2)c(-c2ccnc(C3CC3)n2)[nH]1. The highest BCUT2D eigenvalue weighted by Crippen LogP contribution is 2.39. The van der Waals surface area contributed by atoms with Gasteiger partial charge < -0.3 is 4.98 Å². The molecule has 1 N–H and O–H groups in total. The second-order valence-electron chi connectivity index (χ2n) is 8.39. The molecule has 1 fully saturated rings. The van der Waals surface area contributed by atoms with E-state index in [0.717, 1.165) is 45.3 Å². The van der Waals surface area contributed by atoms with E-state index in [1.807, 2.05) is 30.5 Å². The Morgan fingerprint density at radius 1 is 0.893 bits per heavy atom. The van der Waals surface area contributed by atoms with Gasteiger partial charge in [-0.2, -0.15) is 0 Å². The molecule has 0 bridgehead atoms. The zero-order chi connectivity index (χ0) is 19.3. The smallest absolute Gasteiger partial charge is 0.132 e. The summed E-state index contributed by atoms with van der Waals surface area (Å²) in [6.45, 7) is 6.46. The van der Waals surface area contributed by atoms with Crippen molar-refractivity contribution in [3.8, 4) is 22.6 Å². The van der Waals surface area contributed by atoms with Crippen LogP contribution in [0.1, 0.15) is 51.2 Å². The summed E-state index contributed by atoms with van der Waals surface area (Å²) in [6, 6.07) is 8.03. The third kappa shape index (κ3) is 3.05. The lowest BCUT2D eigenvalue weighted by molar-refractivity contribution is 0.553. The van der Waals surface area contributed by atoms with Crippen LogP contribution >= 0.6 is 0 Å². The minimum absolute atomic E-state index is 0.101. The highest BCUT2D eigenvalue weighted by Gasteiger charge is 2.28. The number of nitrogens with zero attached hydrogens (tertiary/aromatic N) is 5. The van der Waals surface area contributed by atoms with E-state index in [4.69, 9.17) is 9.97 Å². The third-order valence-corrected chi connectivity index (χ3v) is 5.03. The van der Waals surface area contributed by atoms with Crippen LogP contribution in [0.2, 0.25) is 0 Å². The van der Waals surface area contributed by atoms with Gasteiger partial charge in [-0.3, -0.25) is 9.97 Å². The second-order valence-corrected chi connectivity index (χ2v) is 8.39. The predicted octanol–water partition coefficient (Wildman–Crippen LogP) is 4.65. The first-order chi connectivity index (χ1) is 13.5. The van der Waals surface area contributed by atoms with Crippen molar-refractivity contribution < 1.29 is 0 Å². The molecule has 0 radical (unpaired) electrons. The van der Waals surface area contributed by atoms with Crippen molar-refractivity contribution in [3.05, 3.63) is 54.5 Å². The maximum Gasteiger partial charge on any atom is 0.132 e. The molecule has 1 aliphatic carbocycles. The quantitative estimate of drug-likeness (QED) is 0.568. The summed E-state index contributed by atoms with van der Waals surface area (Å²) >= 11 is 0. The summed E-state index contributed by atoms with van der Waals surface area (Å²) in [5.41, 5.74) is 5.33. The molecule has 6 heteroatoms. The van der Waals surface area contributed by atoms with E-state index in [1.54, 1.807) is 12.4 Å². The van der Waals surface area contributed by atoms with Crippen molar-refractivity contribution in [3.63, 3.8) is 0 Å². The number of benzene rings is 1. The number of aromatic amines is 1. The van der Waals surface area contributed by atoms with Crippen molar-refractivity contribution in [2.45, 2.75) is 44.9 Å². The van der Waals surface area contributed by atoms with Crippen LogP contribution in [-0.2, 0) is 5.41 Å². The molecule has 0 spiro atoms. The summed E-state index contributed by atoms with van der Waals surface area (Å²) in [4.78, 5) is 26.6. The summed E-state index contributed by atoms with van der Waals surface area (Å²) in [6.07, 6.45) is 7.62. The number of hydrogen-bond donors (Lipinski definition) is 1. The summed E-state index contributed by atoms with van der Waals surface area (Å²) < 4.78 is 0. The fraction of sp³-hybridized carbons (Fsp3) is 0.318. The van der Waals surface area contributed by atoms with Crippen LogP contribution in [0.3, 0.4) is 0 Å². The maximum absolute atomic E-state index is 4.96. The average molecular weight is 370 g/mol. The second kappa shape index (κ2) is 6.19. The summed E-state index contributed by atoms with van der Waals surface area (Å²) in [5.74, 6) is 2.37. The van der Waals surface area contributed by atoms with Crippen molar-refractivity contribution in [2.75, 3.05) is 0 Å². The molecular formula is C22H22N6. The van der Waals surface area contributed by atoms with Crippen LogP contribution in [0.5, 0.6) is 0 Å². The van der Waals surface area contributed by atoms with E-state index in [0.29, 0.717) is 5.92 Å².